The molecule has 0 bridgehead atoms. The minimum absolute atomic E-state index is 0.414. The van der Waals surface area contributed by atoms with Crippen molar-refractivity contribution in [3.8, 4) is 0 Å². The lowest BCUT2D eigenvalue weighted by Crippen LogP contribution is -2.56. The summed E-state index contributed by atoms with van der Waals surface area (Å²) in [7, 11) is 0. The van der Waals surface area contributed by atoms with E-state index in [1.54, 1.807) is 12.1 Å². The van der Waals surface area contributed by atoms with Crippen molar-refractivity contribution in [1.29, 1.82) is 0 Å². The average Bonchev–Trinajstić information content (AvgIpc) is 2.41. The van der Waals surface area contributed by atoms with E-state index in [2.05, 4.69) is 5.32 Å². The Hall–Kier alpha value is -1.26. The minimum atomic E-state index is -1.03. The molecule has 1 aliphatic heterocycles. The summed E-state index contributed by atoms with van der Waals surface area (Å²) in [5.41, 5.74) is -0.809. The van der Waals surface area contributed by atoms with E-state index in [0.29, 0.717) is 30.2 Å². The molecule has 0 spiro atoms. The number of carboxylic acids is 1. The van der Waals surface area contributed by atoms with E-state index in [9.17, 15) is 9.90 Å². The third kappa shape index (κ3) is 2.91. The van der Waals surface area contributed by atoms with Crippen molar-refractivity contribution in [3.05, 3.63) is 29.3 Å². The molecule has 2 N–H and O–H groups in total. The molecule has 0 aromatic heterocycles. The van der Waals surface area contributed by atoms with Crippen LogP contribution in [0.25, 0.3) is 0 Å². The molecule has 0 aliphatic carbocycles. The maximum absolute atomic E-state index is 11.8. The Morgan fingerprint density at radius 1 is 1.50 bits per heavy atom. The van der Waals surface area contributed by atoms with E-state index in [0.717, 1.165) is 6.42 Å². The smallest absolute Gasteiger partial charge is 0.329 e. The van der Waals surface area contributed by atoms with Gasteiger partial charge in [-0.2, -0.15) is 0 Å². The van der Waals surface area contributed by atoms with Gasteiger partial charge in [0.25, 0.3) is 0 Å². The van der Waals surface area contributed by atoms with Crippen LogP contribution >= 0.6 is 11.6 Å². The number of aliphatic carboxylic acids is 1. The third-order valence-corrected chi connectivity index (χ3v) is 4.39. The summed E-state index contributed by atoms with van der Waals surface area (Å²) in [5.74, 6) is -0.861. The summed E-state index contributed by atoms with van der Waals surface area (Å²) in [6, 6.07) is 7.20. The minimum Gasteiger partial charge on any atom is -0.480 e. The van der Waals surface area contributed by atoms with E-state index in [4.69, 9.17) is 16.3 Å². The molecule has 5 heteroatoms. The molecule has 1 fully saturated rings. The summed E-state index contributed by atoms with van der Waals surface area (Å²) in [5, 5.41) is 13.4. The van der Waals surface area contributed by atoms with Crippen LogP contribution in [0.15, 0.2) is 24.3 Å². The molecule has 1 aromatic carbocycles. The maximum Gasteiger partial charge on any atom is 0.329 e. The maximum atomic E-state index is 11.8. The number of carboxylic acid groups (broad SMARTS) is 1. The molecule has 1 heterocycles. The Kier molecular flexibility index (Phi) is 4.25. The van der Waals surface area contributed by atoms with E-state index in [1.165, 1.54) is 0 Å². The van der Waals surface area contributed by atoms with Crippen molar-refractivity contribution in [1.82, 2.24) is 0 Å². The van der Waals surface area contributed by atoms with Gasteiger partial charge in [-0.1, -0.05) is 30.7 Å². The van der Waals surface area contributed by atoms with Crippen LogP contribution in [0.3, 0.4) is 0 Å². The predicted molar refractivity (Wildman–Crippen MR) is 79.3 cm³/mol. The second-order valence-electron chi connectivity index (χ2n) is 5.57. The van der Waals surface area contributed by atoms with Gasteiger partial charge >= 0.3 is 5.97 Å². The van der Waals surface area contributed by atoms with Crippen LogP contribution in [0.2, 0.25) is 5.02 Å². The van der Waals surface area contributed by atoms with Crippen molar-refractivity contribution in [2.75, 3.05) is 11.9 Å². The van der Waals surface area contributed by atoms with Crippen LogP contribution in [0.1, 0.15) is 33.1 Å². The van der Waals surface area contributed by atoms with Gasteiger partial charge in [-0.3, -0.25) is 0 Å². The summed E-state index contributed by atoms with van der Waals surface area (Å²) >= 11 is 6.13. The fourth-order valence-corrected chi connectivity index (χ4v) is 2.82. The number of benzene rings is 1. The topological polar surface area (TPSA) is 58.6 Å². The van der Waals surface area contributed by atoms with Gasteiger partial charge < -0.3 is 15.2 Å². The Balaban J connectivity index is 2.31. The van der Waals surface area contributed by atoms with Crippen molar-refractivity contribution in [2.45, 2.75) is 44.2 Å². The van der Waals surface area contributed by atoms with Crippen LogP contribution in [-0.2, 0) is 9.53 Å². The fraction of sp³-hybridized carbons (Fsp3) is 0.533. The highest BCUT2D eigenvalue weighted by molar-refractivity contribution is 6.33. The van der Waals surface area contributed by atoms with E-state index in [-0.39, 0.29) is 0 Å². The molecule has 1 saturated heterocycles. The average molecular weight is 298 g/mol. The molecule has 2 atom stereocenters. The molecule has 1 aromatic rings. The summed E-state index contributed by atoms with van der Waals surface area (Å²) in [4.78, 5) is 11.8. The number of anilines is 1. The molecular weight excluding hydrogens is 278 g/mol. The highest BCUT2D eigenvalue weighted by Crippen LogP contribution is 2.38. The monoisotopic (exact) mass is 297 g/mol. The van der Waals surface area contributed by atoms with Crippen LogP contribution in [0.5, 0.6) is 0 Å². The number of ether oxygens (including phenoxy) is 1. The largest absolute Gasteiger partial charge is 0.480 e. The lowest BCUT2D eigenvalue weighted by Gasteiger charge is -2.44. The molecule has 0 saturated carbocycles. The van der Waals surface area contributed by atoms with Crippen molar-refractivity contribution < 1.29 is 14.6 Å². The first-order valence-corrected chi connectivity index (χ1v) is 7.19. The highest BCUT2D eigenvalue weighted by atomic mass is 35.5. The second kappa shape index (κ2) is 5.62. The number of hydrogen-bond acceptors (Lipinski definition) is 3. The zero-order valence-electron chi connectivity index (χ0n) is 11.8. The van der Waals surface area contributed by atoms with E-state index in [1.807, 2.05) is 26.0 Å². The molecule has 2 unspecified atom stereocenters. The summed E-state index contributed by atoms with van der Waals surface area (Å²) in [6.45, 7) is 4.39. The lowest BCUT2D eigenvalue weighted by atomic mass is 9.79. The number of carbonyl (C=O) groups is 1. The quantitative estimate of drug-likeness (QED) is 0.892. The molecule has 110 valence electrons. The normalized spacial score (nSPS) is 29.9. The Morgan fingerprint density at radius 3 is 2.80 bits per heavy atom. The van der Waals surface area contributed by atoms with Gasteiger partial charge in [0.15, 0.2) is 0 Å². The molecule has 0 radical (unpaired) electrons. The number of para-hydroxylation sites is 1. The Bertz CT molecular complexity index is 508. The Morgan fingerprint density at radius 2 is 2.20 bits per heavy atom. The number of hydrogen-bond donors (Lipinski definition) is 2. The third-order valence-electron chi connectivity index (χ3n) is 4.06. The summed E-state index contributed by atoms with van der Waals surface area (Å²) < 4.78 is 5.75. The van der Waals surface area contributed by atoms with Crippen molar-refractivity contribution in [2.24, 2.45) is 0 Å². The highest BCUT2D eigenvalue weighted by Gasteiger charge is 2.48. The molecule has 0 amide bonds. The molecular formula is C15H20ClNO3. The first-order chi connectivity index (χ1) is 9.41. The number of rotatable bonds is 4. The van der Waals surface area contributed by atoms with E-state index >= 15 is 0 Å². The van der Waals surface area contributed by atoms with Gasteiger partial charge in [0, 0.05) is 12.8 Å². The van der Waals surface area contributed by atoms with Crippen LogP contribution in [-0.4, -0.2) is 28.8 Å². The van der Waals surface area contributed by atoms with Gasteiger partial charge in [0.2, 0.25) is 0 Å². The molecule has 4 nitrogen and oxygen atoms in total. The van der Waals surface area contributed by atoms with Crippen molar-refractivity contribution in [3.63, 3.8) is 0 Å². The fourth-order valence-electron chi connectivity index (χ4n) is 2.64. The van der Waals surface area contributed by atoms with Crippen LogP contribution in [0.4, 0.5) is 5.69 Å². The van der Waals surface area contributed by atoms with Crippen molar-refractivity contribution >= 4 is 23.3 Å². The zero-order valence-corrected chi connectivity index (χ0v) is 12.5. The number of halogens is 1. The summed E-state index contributed by atoms with van der Waals surface area (Å²) in [6.07, 6.45) is 1.60. The van der Waals surface area contributed by atoms with Crippen LogP contribution < -0.4 is 5.32 Å². The van der Waals surface area contributed by atoms with Crippen LogP contribution in [0, 0.1) is 0 Å². The van der Waals surface area contributed by atoms with E-state index < -0.39 is 17.1 Å². The van der Waals surface area contributed by atoms with Gasteiger partial charge in [0.1, 0.15) is 5.54 Å². The predicted octanol–water partition coefficient (Wildman–Crippen LogP) is 3.55. The zero-order chi connectivity index (χ0) is 14.8. The standard InChI is InChI=1S/C15H20ClNO3/c1-3-14(2)10-15(13(18)19,8-9-20-14)17-12-7-5-4-6-11(12)16/h4-7,17H,3,8-10H2,1-2H3,(H,18,19). The lowest BCUT2D eigenvalue weighted by molar-refractivity contribution is -0.154. The first-order valence-electron chi connectivity index (χ1n) is 6.81. The van der Waals surface area contributed by atoms with Gasteiger partial charge in [-0.25, -0.2) is 4.79 Å². The second-order valence-corrected chi connectivity index (χ2v) is 5.98. The molecule has 2 rings (SSSR count). The first kappa shape index (κ1) is 15.1. The van der Waals surface area contributed by atoms with Gasteiger partial charge in [0.05, 0.1) is 22.9 Å². The van der Waals surface area contributed by atoms with Gasteiger partial charge in [-0.05, 0) is 25.5 Å². The Labute approximate surface area is 124 Å². The van der Waals surface area contributed by atoms with Gasteiger partial charge in [-0.15, -0.1) is 0 Å². The molecule has 1 aliphatic rings. The SMILES string of the molecule is CCC1(C)CC(Nc2ccccc2Cl)(C(=O)O)CCO1. The number of nitrogens with one attached hydrogen (secondary N) is 1. The molecule has 20 heavy (non-hydrogen) atoms.